The summed E-state index contributed by atoms with van der Waals surface area (Å²) in [7, 11) is 0. The van der Waals surface area contributed by atoms with Crippen molar-refractivity contribution in [2.75, 3.05) is 0 Å². The third kappa shape index (κ3) is 4.74. The fourth-order valence-corrected chi connectivity index (χ4v) is 5.94. The van der Waals surface area contributed by atoms with E-state index in [1.165, 1.54) is 38.5 Å². The summed E-state index contributed by atoms with van der Waals surface area (Å²) in [4.78, 5) is 16.8. The van der Waals surface area contributed by atoms with Crippen LogP contribution in [0.15, 0.2) is 79.1 Å². The van der Waals surface area contributed by atoms with Gasteiger partial charge >= 0.3 is 0 Å². The number of nitrogens with zero attached hydrogens (tertiary/aromatic N) is 3. The van der Waals surface area contributed by atoms with Gasteiger partial charge in [-0.25, -0.2) is 4.68 Å². The molecule has 5 aromatic rings. The first-order chi connectivity index (χ1) is 18.2. The number of para-hydroxylation sites is 1. The Bertz CT molecular complexity index is 1580. The molecule has 1 amide bonds. The fraction of sp³-hybridized carbons (Fsp3) is 0.281. The molecule has 2 heterocycles. The standard InChI is InChI=1S/C32H32N4O/c33-32(37)28-17-16-26(19-23(28)12-6-10-22-8-2-1-3-9-22)36-31-15-7-13-27(29(31)21-35-36)25-18-24-11-4-5-14-30(24)34-20-25/h4-5,7,11,13-22H,1-3,6,8-10,12H2,(H2,33,37). The van der Waals surface area contributed by atoms with E-state index in [1.807, 2.05) is 47.4 Å². The number of aryl methyl sites for hydroxylation is 1. The van der Waals surface area contributed by atoms with E-state index in [0.717, 1.165) is 62.9 Å². The minimum Gasteiger partial charge on any atom is -0.366 e. The van der Waals surface area contributed by atoms with Crippen molar-refractivity contribution in [3.8, 4) is 16.8 Å². The van der Waals surface area contributed by atoms with Crippen molar-refractivity contribution in [1.29, 1.82) is 0 Å². The van der Waals surface area contributed by atoms with Crippen LogP contribution in [0.4, 0.5) is 0 Å². The summed E-state index contributed by atoms with van der Waals surface area (Å²) in [6.07, 6.45) is 13.8. The Labute approximate surface area is 217 Å². The highest BCUT2D eigenvalue weighted by Gasteiger charge is 2.16. The Kier molecular flexibility index (Phi) is 6.44. The van der Waals surface area contributed by atoms with Crippen LogP contribution in [-0.4, -0.2) is 20.7 Å². The van der Waals surface area contributed by atoms with Crippen LogP contribution in [0.2, 0.25) is 0 Å². The highest BCUT2D eigenvalue weighted by Crippen LogP contribution is 2.32. The van der Waals surface area contributed by atoms with Gasteiger partial charge < -0.3 is 5.73 Å². The molecular formula is C32H32N4O. The first-order valence-corrected chi connectivity index (χ1v) is 13.4. The van der Waals surface area contributed by atoms with Crippen LogP contribution in [0.25, 0.3) is 38.6 Å². The highest BCUT2D eigenvalue weighted by atomic mass is 16.1. The molecule has 2 N–H and O–H groups in total. The summed E-state index contributed by atoms with van der Waals surface area (Å²) in [5.74, 6) is 0.461. The summed E-state index contributed by atoms with van der Waals surface area (Å²) < 4.78 is 1.96. The molecule has 1 saturated carbocycles. The van der Waals surface area contributed by atoms with E-state index in [9.17, 15) is 4.79 Å². The van der Waals surface area contributed by atoms with Crippen molar-refractivity contribution in [2.45, 2.75) is 51.4 Å². The molecule has 0 unspecified atom stereocenters. The first-order valence-electron chi connectivity index (χ1n) is 13.4. The summed E-state index contributed by atoms with van der Waals surface area (Å²) in [6, 6.07) is 22.5. The quantitative estimate of drug-likeness (QED) is 0.262. The number of aromatic nitrogens is 3. The number of carbonyl (C=O) groups excluding carboxylic acids is 1. The van der Waals surface area contributed by atoms with Crippen LogP contribution < -0.4 is 5.73 Å². The second kappa shape index (κ2) is 10.2. The Morgan fingerprint density at radius 2 is 1.81 bits per heavy atom. The Morgan fingerprint density at radius 1 is 0.946 bits per heavy atom. The van der Waals surface area contributed by atoms with E-state index in [0.29, 0.717) is 5.56 Å². The highest BCUT2D eigenvalue weighted by molar-refractivity contribution is 5.97. The average molecular weight is 489 g/mol. The zero-order valence-electron chi connectivity index (χ0n) is 21.1. The molecule has 3 aromatic carbocycles. The van der Waals surface area contributed by atoms with Crippen LogP contribution in [-0.2, 0) is 6.42 Å². The van der Waals surface area contributed by atoms with Gasteiger partial charge in [0.2, 0.25) is 5.91 Å². The van der Waals surface area contributed by atoms with E-state index in [4.69, 9.17) is 10.8 Å². The second-order valence-electron chi connectivity index (χ2n) is 10.3. The van der Waals surface area contributed by atoms with Crippen molar-refractivity contribution in [3.63, 3.8) is 0 Å². The van der Waals surface area contributed by atoms with E-state index in [-0.39, 0.29) is 5.91 Å². The van der Waals surface area contributed by atoms with E-state index >= 15 is 0 Å². The van der Waals surface area contributed by atoms with Crippen molar-refractivity contribution in [2.24, 2.45) is 11.7 Å². The number of fused-ring (bicyclic) bond motifs is 2. The number of nitrogens with two attached hydrogens (primary N) is 1. The summed E-state index contributed by atoms with van der Waals surface area (Å²) >= 11 is 0. The lowest BCUT2D eigenvalue weighted by Gasteiger charge is -2.21. The molecule has 0 aliphatic heterocycles. The van der Waals surface area contributed by atoms with Crippen LogP contribution >= 0.6 is 0 Å². The maximum absolute atomic E-state index is 12.2. The predicted octanol–water partition coefficient (Wildman–Crippen LogP) is 7.24. The van der Waals surface area contributed by atoms with Crippen molar-refractivity contribution in [1.82, 2.24) is 14.8 Å². The largest absolute Gasteiger partial charge is 0.366 e. The van der Waals surface area contributed by atoms with E-state index in [2.05, 4.69) is 41.4 Å². The number of carbonyl (C=O) groups is 1. The van der Waals surface area contributed by atoms with Crippen molar-refractivity contribution >= 4 is 27.7 Å². The SMILES string of the molecule is NC(=O)c1ccc(-n2ncc3c(-c4cnc5ccccc5c4)cccc32)cc1CCCC1CCCCC1. The summed E-state index contributed by atoms with van der Waals surface area (Å²) in [6.45, 7) is 0. The van der Waals surface area contributed by atoms with Gasteiger partial charge in [0, 0.05) is 28.1 Å². The van der Waals surface area contributed by atoms with Gasteiger partial charge in [-0.15, -0.1) is 0 Å². The molecule has 186 valence electrons. The normalized spacial score (nSPS) is 14.4. The summed E-state index contributed by atoms with van der Waals surface area (Å²) in [5, 5.41) is 6.95. The lowest BCUT2D eigenvalue weighted by Crippen LogP contribution is -2.15. The first kappa shape index (κ1) is 23.4. The van der Waals surface area contributed by atoms with Gasteiger partial charge in [0.05, 0.1) is 22.9 Å². The van der Waals surface area contributed by atoms with Gasteiger partial charge in [-0.1, -0.05) is 68.9 Å². The van der Waals surface area contributed by atoms with Gasteiger partial charge in [-0.2, -0.15) is 5.10 Å². The number of hydrogen-bond donors (Lipinski definition) is 1. The molecule has 1 aliphatic carbocycles. The molecule has 0 atom stereocenters. The third-order valence-corrected chi connectivity index (χ3v) is 7.90. The lowest BCUT2D eigenvalue weighted by atomic mass is 9.85. The minimum atomic E-state index is -0.365. The predicted molar refractivity (Wildman–Crippen MR) is 150 cm³/mol. The van der Waals surface area contributed by atoms with Gasteiger partial charge in [0.15, 0.2) is 0 Å². The Balaban J connectivity index is 1.33. The summed E-state index contributed by atoms with van der Waals surface area (Å²) in [5.41, 5.74) is 12.5. The smallest absolute Gasteiger partial charge is 0.248 e. The van der Waals surface area contributed by atoms with Gasteiger partial charge in [0.1, 0.15) is 0 Å². The Morgan fingerprint density at radius 3 is 2.68 bits per heavy atom. The number of rotatable bonds is 7. The molecule has 6 rings (SSSR count). The van der Waals surface area contributed by atoms with E-state index < -0.39 is 0 Å². The number of hydrogen-bond acceptors (Lipinski definition) is 3. The molecule has 0 spiro atoms. The van der Waals surface area contributed by atoms with Crippen LogP contribution in [0.5, 0.6) is 0 Å². The third-order valence-electron chi connectivity index (χ3n) is 7.90. The number of benzene rings is 3. The molecule has 0 bridgehead atoms. The molecule has 2 aromatic heterocycles. The Hall–Kier alpha value is -3.99. The molecule has 1 fully saturated rings. The molecule has 0 saturated heterocycles. The van der Waals surface area contributed by atoms with E-state index in [1.54, 1.807) is 0 Å². The second-order valence-corrected chi connectivity index (χ2v) is 10.3. The molecule has 37 heavy (non-hydrogen) atoms. The zero-order valence-corrected chi connectivity index (χ0v) is 21.1. The van der Waals surface area contributed by atoms with Crippen LogP contribution in [0, 0.1) is 5.92 Å². The number of amides is 1. The number of pyridine rings is 1. The van der Waals surface area contributed by atoms with Gasteiger partial charge in [0.25, 0.3) is 0 Å². The minimum absolute atomic E-state index is 0.365. The molecular weight excluding hydrogens is 456 g/mol. The van der Waals surface area contributed by atoms with Crippen molar-refractivity contribution < 1.29 is 4.79 Å². The van der Waals surface area contributed by atoms with Gasteiger partial charge in [-0.05, 0) is 66.3 Å². The van der Waals surface area contributed by atoms with Crippen molar-refractivity contribution in [3.05, 3.63) is 90.3 Å². The molecule has 1 aliphatic rings. The topological polar surface area (TPSA) is 73.8 Å². The number of primary amides is 1. The van der Waals surface area contributed by atoms with Crippen LogP contribution in [0.1, 0.15) is 60.9 Å². The molecule has 5 nitrogen and oxygen atoms in total. The molecule has 5 heteroatoms. The van der Waals surface area contributed by atoms with Crippen LogP contribution in [0.3, 0.4) is 0 Å². The zero-order chi connectivity index (χ0) is 25.2. The monoisotopic (exact) mass is 488 g/mol. The molecule has 0 radical (unpaired) electrons. The van der Waals surface area contributed by atoms with Gasteiger partial charge in [-0.3, -0.25) is 9.78 Å². The maximum atomic E-state index is 12.2. The maximum Gasteiger partial charge on any atom is 0.248 e. The lowest BCUT2D eigenvalue weighted by molar-refractivity contribution is 0.0999. The fourth-order valence-electron chi connectivity index (χ4n) is 5.94. The average Bonchev–Trinajstić information content (AvgIpc) is 3.38.